The van der Waals surface area contributed by atoms with Gasteiger partial charge in [-0.2, -0.15) is 0 Å². The van der Waals surface area contributed by atoms with Crippen molar-refractivity contribution >= 4 is 40.4 Å². The first kappa shape index (κ1) is 16.7. The Hall–Kier alpha value is -1.14. The molecule has 0 saturated carbocycles. The lowest BCUT2D eigenvalue weighted by molar-refractivity contribution is 0.0627. The number of thiazole rings is 1. The minimum Gasteiger partial charge on any atom is -0.336 e. The van der Waals surface area contributed by atoms with Gasteiger partial charge < -0.3 is 4.90 Å². The summed E-state index contributed by atoms with van der Waals surface area (Å²) in [7, 11) is 0. The summed E-state index contributed by atoms with van der Waals surface area (Å²) in [6, 6.07) is 4.97. The molecular weight excluding hydrogens is 353 g/mol. The van der Waals surface area contributed by atoms with E-state index in [0.29, 0.717) is 28.7 Å². The van der Waals surface area contributed by atoms with Crippen molar-refractivity contribution in [2.75, 3.05) is 26.2 Å². The van der Waals surface area contributed by atoms with Crippen molar-refractivity contribution in [1.82, 2.24) is 14.8 Å². The summed E-state index contributed by atoms with van der Waals surface area (Å²) in [6.45, 7) is 5.95. The van der Waals surface area contributed by atoms with Gasteiger partial charge in [-0.25, -0.2) is 4.98 Å². The number of nitrogens with zero attached hydrogens (tertiary/aromatic N) is 3. The van der Waals surface area contributed by atoms with Crippen LogP contribution in [-0.2, 0) is 6.54 Å². The lowest BCUT2D eigenvalue weighted by Crippen LogP contribution is -2.48. The molecule has 7 heteroatoms. The molecule has 1 aliphatic heterocycles. The summed E-state index contributed by atoms with van der Waals surface area (Å²) >= 11 is 13.6. The van der Waals surface area contributed by atoms with Crippen LogP contribution >= 0.6 is 34.5 Å². The fourth-order valence-corrected chi connectivity index (χ4v) is 3.81. The second kappa shape index (κ2) is 7.18. The van der Waals surface area contributed by atoms with Crippen LogP contribution in [0.3, 0.4) is 0 Å². The molecule has 122 valence electrons. The highest BCUT2D eigenvalue weighted by Crippen LogP contribution is 2.21. The van der Waals surface area contributed by atoms with E-state index in [9.17, 15) is 4.79 Å². The van der Waals surface area contributed by atoms with Crippen molar-refractivity contribution in [2.24, 2.45) is 0 Å². The number of carbonyl (C=O) groups excluding carboxylic acids is 1. The van der Waals surface area contributed by atoms with Gasteiger partial charge in [-0.3, -0.25) is 9.69 Å². The normalized spacial score (nSPS) is 15.9. The minimum atomic E-state index is -0.0152. The largest absolute Gasteiger partial charge is 0.336 e. The van der Waals surface area contributed by atoms with Gasteiger partial charge >= 0.3 is 0 Å². The van der Waals surface area contributed by atoms with Crippen LogP contribution in [0.4, 0.5) is 0 Å². The second-order valence-corrected chi connectivity index (χ2v) is 7.52. The third kappa shape index (κ3) is 4.23. The van der Waals surface area contributed by atoms with Gasteiger partial charge in [0.1, 0.15) is 0 Å². The number of hydrogen-bond donors (Lipinski definition) is 0. The molecule has 1 aromatic heterocycles. The third-order valence-electron chi connectivity index (χ3n) is 3.82. The van der Waals surface area contributed by atoms with E-state index in [1.54, 1.807) is 29.5 Å². The molecule has 1 fully saturated rings. The van der Waals surface area contributed by atoms with Crippen molar-refractivity contribution in [2.45, 2.75) is 13.5 Å². The standard InChI is InChI=1S/C16H17Cl2N3OS/c1-11-19-15(10-23-11)9-20-2-4-21(5-3-20)16(22)12-6-13(17)8-14(18)7-12/h6-8,10H,2-5,9H2,1H3. The summed E-state index contributed by atoms with van der Waals surface area (Å²) in [4.78, 5) is 21.2. The summed E-state index contributed by atoms with van der Waals surface area (Å²) in [5.41, 5.74) is 1.65. The maximum absolute atomic E-state index is 12.6. The molecule has 0 aliphatic carbocycles. The van der Waals surface area contributed by atoms with E-state index in [-0.39, 0.29) is 5.91 Å². The predicted octanol–water partition coefficient (Wildman–Crippen LogP) is 3.72. The number of carbonyl (C=O) groups is 1. The molecule has 0 radical (unpaired) electrons. The van der Waals surface area contributed by atoms with Crippen molar-refractivity contribution < 1.29 is 4.79 Å². The van der Waals surface area contributed by atoms with Crippen molar-refractivity contribution in [3.8, 4) is 0 Å². The van der Waals surface area contributed by atoms with Gasteiger partial charge in [0.15, 0.2) is 0 Å². The summed E-state index contributed by atoms with van der Waals surface area (Å²) in [6.07, 6.45) is 0. The molecule has 0 unspecified atom stereocenters. The molecule has 1 aliphatic rings. The van der Waals surface area contributed by atoms with Crippen molar-refractivity contribution in [1.29, 1.82) is 0 Å². The first-order chi connectivity index (χ1) is 11.0. The quantitative estimate of drug-likeness (QED) is 0.826. The molecule has 0 bridgehead atoms. The molecule has 0 N–H and O–H groups in total. The number of halogens is 2. The highest BCUT2D eigenvalue weighted by atomic mass is 35.5. The van der Waals surface area contributed by atoms with E-state index in [0.717, 1.165) is 30.3 Å². The molecule has 2 aromatic rings. The lowest BCUT2D eigenvalue weighted by Gasteiger charge is -2.34. The molecule has 1 aromatic carbocycles. The Morgan fingerprint density at radius 1 is 1.17 bits per heavy atom. The Balaban J connectivity index is 1.58. The average molecular weight is 370 g/mol. The molecular formula is C16H17Cl2N3OS. The molecule has 0 spiro atoms. The van der Waals surface area contributed by atoms with Crippen molar-refractivity contribution in [3.63, 3.8) is 0 Å². The molecule has 1 amide bonds. The second-order valence-electron chi connectivity index (χ2n) is 5.58. The van der Waals surface area contributed by atoms with Crippen molar-refractivity contribution in [3.05, 3.63) is 49.9 Å². The van der Waals surface area contributed by atoms with Crippen LogP contribution in [0.2, 0.25) is 10.0 Å². The zero-order chi connectivity index (χ0) is 16.4. The summed E-state index contributed by atoms with van der Waals surface area (Å²) < 4.78 is 0. The first-order valence-electron chi connectivity index (χ1n) is 7.40. The molecule has 3 rings (SSSR count). The Bertz CT molecular complexity index is 691. The van der Waals surface area contributed by atoms with E-state index in [2.05, 4.69) is 15.3 Å². The Kier molecular flexibility index (Phi) is 5.21. The number of aromatic nitrogens is 1. The van der Waals surface area contributed by atoms with Gasteiger partial charge in [0.2, 0.25) is 0 Å². The van der Waals surface area contributed by atoms with E-state index < -0.39 is 0 Å². The van der Waals surface area contributed by atoms with Gasteiger partial charge in [0.25, 0.3) is 5.91 Å². The van der Waals surface area contributed by atoms with Crippen LogP contribution in [0.25, 0.3) is 0 Å². The number of hydrogen-bond acceptors (Lipinski definition) is 4. The zero-order valence-electron chi connectivity index (χ0n) is 12.8. The molecule has 2 heterocycles. The lowest BCUT2D eigenvalue weighted by atomic mass is 10.2. The number of piperazine rings is 1. The van der Waals surface area contributed by atoms with Gasteiger partial charge in [-0.15, -0.1) is 11.3 Å². The number of amides is 1. The third-order valence-corrected chi connectivity index (χ3v) is 5.08. The predicted molar refractivity (Wildman–Crippen MR) is 94.5 cm³/mol. The van der Waals surface area contributed by atoms with E-state index in [1.165, 1.54) is 0 Å². The first-order valence-corrected chi connectivity index (χ1v) is 9.03. The number of benzene rings is 1. The minimum absolute atomic E-state index is 0.0152. The summed E-state index contributed by atoms with van der Waals surface area (Å²) in [5.74, 6) is -0.0152. The molecule has 0 atom stereocenters. The Morgan fingerprint density at radius 2 is 1.83 bits per heavy atom. The maximum Gasteiger partial charge on any atom is 0.254 e. The van der Waals surface area contributed by atoms with Gasteiger partial charge in [0.05, 0.1) is 10.7 Å². The molecule has 1 saturated heterocycles. The SMILES string of the molecule is Cc1nc(CN2CCN(C(=O)c3cc(Cl)cc(Cl)c3)CC2)cs1. The zero-order valence-corrected chi connectivity index (χ0v) is 15.1. The van der Waals surface area contributed by atoms with Gasteiger partial charge in [-0.05, 0) is 25.1 Å². The van der Waals surface area contributed by atoms with E-state index in [4.69, 9.17) is 23.2 Å². The Labute approximate surface area is 149 Å². The smallest absolute Gasteiger partial charge is 0.254 e. The van der Waals surface area contributed by atoms with E-state index in [1.807, 2.05) is 11.8 Å². The average Bonchev–Trinajstić information content (AvgIpc) is 2.91. The molecule has 4 nitrogen and oxygen atoms in total. The highest BCUT2D eigenvalue weighted by molar-refractivity contribution is 7.09. The Morgan fingerprint density at radius 3 is 2.39 bits per heavy atom. The van der Waals surface area contributed by atoms with Gasteiger partial charge in [0, 0.05) is 53.7 Å². The van der Waals surface area contributed by atoms with E-state index >= 15 is 0 Å². The molecule has 23 heavy (non-hydrogen) atoms. The van der Waals surface area contributed by atoms with Crippen LogP contribution in [0.15, 0.2) is 23.6 Å². The topological polar surface area (TPSA) is 36.4 Å². The maximum atomic E-state index is 12.6. The van der Waals surface area contributed by atoms with Crippen LogP contribution in [-0.4, -0.2) is 46.9 Å². The highest BCUT2D eigenvalue weighted by Gasteiger charge is 2.23. The van der Waals surface area contributed by atoms with Crippen LogP contribution in [0.1, 0.15) is 21.1 Å². The number of aryl methyl sites for hydroxylation is 1. The van der Waals surface area contributed by atoms with Crippen LogP contribution in [0, 0.1) is 6.92 Å². The fraction of sp³-hybridized carbons (Fsp3) is 0.375. The van der Waals surface area contributed by atoms with Gasteiger partial charge in [-0.1, -0.05) is 23.2 Å². The summed E-state index contributed by atoms with van der Waals surface area (Å²) in [5, 5.41) is 4.16. The van der Waals surface area contributed by atoms with Crippen LogP contribution in [0.5, 0.6) is 0 Å². The van der Waals surface area contributed by atoms with Crippen LogP contribution < -0.4 is 0 Å². The monoisotopic (exact) mass is 369 g/mol. The number of rotatable bonds is 3. The fourth-order valence-electron chi connectivity index (χ4n) is 2.68.